The van der Waals surface area contributed by atoms with Crippen LogP contribution in [0.2, 0.25) is 23.7 Å². The molecule has 0 unspecified atom stereocenters. The average molecular weight is 544 g/mol. The van der Waals surface area contributed by atoms with Crippen LogP contribution in [-0.4, -0.2) is 62.4 Å². The number of aliphatic hydroxyl groups excluding tert-OH is 1. The highest BCUT2D eigenvalue weighted by molar-refractivity contribution is 6.71. The quantitative estimate of drug-likeness (QED) is 0.484. The maximum Gasteiger partial charge on any atom is 0.264 e. The van der Waals surface area contributed by atoms with Crippen LogP contribution in [0.25, 0.3) is 0 Å². The Hall–Kier alpha value is -2.27. The van der Waals surface area contributed by atoms with Gasteiger partial charge in [-0.1, -0.05) is 30.7 Å². The molecule has 0 saturated carbocycles. The summed E-state index contributed by atoms with van der Waals surface area (Å²) in [6.07, 6.45) is -0.0954. The van der Waals surface area contributed by atoms with Crippen molar-refractivity contribution < 1.29 is 24.2 Å². The van der Waals surface area contributed by atoms with Crippen molar-refractivity contribution in [2.75, 3.05) is 36.0 Å². The van der Waals surface area contributed by atoms with Gasteiger partial charge in [-0.05, 0) is 55.4 Å². The highest BCUT2D eigenvalue weighted by Gasteiger charge is 2.66. The summed E-state index contributed by atoms with van der Waals surface area (Å²) in [6.45, 7) is 7.53. The highest BCUT2D eigenvalue weighted by atomic mass is 35.5. The van der Waals surface area contributed by atoms with Gasteiger partial charge >= 0.3 is 0 Å². The summed E-state index contributed by atoms with van der Waals surface area (Å²) < 4.78 is 6.60. The van der Waals surface area contributed by atoms with Crippen molar-refractivity contribution in [3.05, 3.63) is 58.6 Å². The summed E-state index contributed by atoms with van der Waals surface area (Å²) >= 11 is 6.42. The minimum Gasteiger partial charge on any atom is -0.432 e. The van der Waals surface area contributed by atoms with Gasteiger partial charge in [0.25, 0.3) is 5.91 Å². The molecule has 1 spiro atoms. The zero-order valence-corrected chi connectivity index (χ0v) is 23.2. The molecule has 10 heteroatoms. The number of benzene rings is 2. The van der Waals surface area contributed by atoms with Gasteiger partial charge in [-0.25, -0.2) is 0 Å². The minimum atomic E-state index is -2.76. The number of aliphatic hydroxyl groups is 1. The van der Waals surface area contributed by atoms with Crippen LogP contribution in [0.15, 0.2) is 42.5 Å². The number of nitrogens with zero attached hydrogens (tertiary/aromatic N) is 2. The molecule has 0 radical (unpaired) electrons. The minimum absolute atomic E-state index is 0.0181. The number of carbonyl (C=O) groups excluding carboxylic acids is 2. The first-order valence-corrected chi connectivity index (χ1v) is 16.2. The van der Waals surface area contributed by atoms with Crippen LogP contribution in [0, 0.1) is 5.92 Å². The third-order valence-electron chi connectivity index (χ3n) is 8.01. The number of rotatable bonds is 6. The molecule has 3 aliphatic rings. The average Bonchev–Trinajstić information content (AvgIpc) is 3.26. The lowest BCUT2D eigenvalue weighted by molar-refractivity contribution is -0.146. The Bertz CT molecular complexity index is 1220. The number of carbonyl (C=O) groups is 2. The van der Waals surface area contributed by atoms with E-state index in [4.69, 9.17) is 16.3 Å². The molecule has 198 valence electrons. The SMILES string of the molecule is C[C@H]1[C@H]([Si](C)(C)O)[C@@H](CCO)O[C@]12C(=O)N(Cc1cccc(N3CCNCC3=O)c1)c1ccc(Cl)cc12. The number of amides is 2. The smallest absolute Gasteiger partial charge is 0.264 e. The van der Waals surface area contributed by atoms with Gasteiger partial charge in [0.15, 0.2) is 13.9 Å². The fourth-order valence-electron chi connectivity index (χ4n) is 6.49. The van der Waals surface area contributed by atoms with Gasteiger partial charge in [0.1, 0.15) is 0 Å². The van der Waals surface area contributed by atoms with Gasteiger partial charge in [0.05, 0.1) is 24.9 Å². The van der Waals surface area contributed by atoms with Crippen molar-refractivity contribution >= 4 is 43.1 Å². The number of hydrogen-bond donors (Lipinski definition) is 3. The number of halogens is 1. The lowest BCUT2D eigenvalue weighted by atomic mass is 9.82. The first-order valence-electron chi connectivity index (χ1n) is 12.8. The standard InChI is InChI=1S/C27H34ClN3O5Si/c1-17-25(37(2,3)35)23(9-12-32)36-27(17)21-14-19(28)7-8-22(21)31(26(27)34)16-18-5-4-6-20(13-18)30-11-10-29-15-24(30)33/h4-8,13-14,17,23,25,29,32,35H,9-12,15-16H2,1-3H3/t17-,23+,25-,27+/m0/s1. The van der Waals surface area contributed by atoms with Gasteiger partial charge in [-0.2, -0.15) is 0 Å². The van der Waals surface area contributed by atoms with Gasteiger partial charge < -0.3 is 29.8 Å². The molecule has 4 atom stereocenters. The van der Waals surface area contributed by atoms with E-state index in [2.05, 4.69) is 5.32 Å². The Balaban J connectivity index is 1.53. The molecule has 0 aromatic heterocycles. The van der Waals surface area contributed by atoms with Crippen molar-refractivity contribution in [1.82, 2.24) is 5.32 Å². The molecule has 5 rings (SSSR count). The van der Waals surface area contributed by atoms with Gasteiger partial charge in [0, 0.05) is 47.4 Å². The lowest BCUT2D eigenvalue weighted by Gasteiger charge is -2.32. The van der Waals surface area contributed by atoms with Crippen molar-refractivity contribution in [2.24, 2.45) is 5.92 Å². The zero-order valence-electron chi connectivity index (χ0n) is 21.4. The fourth-order valence-corrected chi connectivity index (χ4v) is 9.26. The number of nitrogens with one attached hydrogen (secondary N) is 1. The molecule has 2 amide bonds. The summed E-state index contributed by atoms with van der Waals surface area (Å²) in [7, 11) is -2.76. The highest BCUT2D eigenvalue weighted by Crippen LogP contribution is 2.60. The van der Waals surface area contributed by atoms with Crippen LogP contribution in [0.3, 0.4) is 0 Å². The molecule has 3 N–H and O–H groups in total. The molecule has 2 fully saturated rings. The topological polar surface area (TPSA) is 102 Å². The van der Waals surface area contributed by atoms with E-state index in [1.807, 2.05) is 50.3 Å². The van der Waals surface area contributed by atoms with Crippen LogP contribution in [0.4, 0.5) is 11.4 Å². The maximum absolute atomic E-state index is 14.3. The van der Waals surface area contributed by atoms with Crippen molar-refractivity contribution in [3.8, 4) is 0 Å². The van der Waals surface area contributed by atoms with Crippen LogP contribution < -0.4 is 15.1 Å². The second-order valence-corrected chi connectivity index (χ2v) is 15.2. The Morgan fingerprint density at radius 3 is 2.70 bits per heavy atom. The van der Waals surface area contributed by atoms with E-state index < -0.39 is 20.0 Å². The lowest BCUT2D eigenvalue weighted by Crippen LogP contribution is -2.48. The normalized spacial score (nSPS) is 27.9. The molecule has 3 aliphatic heterocycles. The second-order valence-electron chi connectivity index (χ2n) is 10.8. The van der Waals surface area contributed by atoms with E-state index in [-0.39, 0.29) is 29.9 Å². The second kappa shape index (κ2) is 9.80. The molecular weight excluding hydrogens is 510 g/mol. The number of piperazine rings is 1. The zero-order chi connectivity index (χ0) is 26.5. The molecular formula is C27H34ClN3O5Si. The van der Waals surface area contributed by atoms with E-state index in [0.717, 1.165) is 23.5 Å². The van der Waals surface area contributed by atoms with E-state index in [1.54, 1.807) is 21.9 Å². The maximum atomic E-state index is 14.3. The summed E-state index contributed by atoms with van der Waals surface area (Å²) in [4.78, 5) is 41.4. The molecule has 8 nitrogen and oxygen atoms in total. The monoisotopic (exact) mass is 543 g/mol. The van der Waals surface area contributed by atoms with Crippen LogP contribution in [0.5, 0.6) is 0 Å². The largest absolute Gasteiger partial charge is 0.432 e. The third kappa shape index (κ3) is 4.41. The first-order chi connectivity index (χ1) is 17.6. The molecule has 2 saturated heterocycles. The van der Waals surface area contributed by atoms with E-state index >= 15 is 0 Å². The Labute approximate surface area is 223 Å². The number of fused-ring (bicyclic) bond motifs is 2. The predicted octanol–water partition coefficient (Wildman–Crippen LogP) is 3.00. The van der Waals surface area contributed by atoms with Crippen molar-refractivity contribution in [2.45, 2.75) is 50.2 Å². The number of hydrogen-bond acceptors (Lipinski definition) is 6. The fraction of sp³-hybridized carbons (Fsp3) is 0.481. The third-order valence-corrected chi connectivity index (χ3v) is 10.8. The summed E-state index contributed by atoms with van der Waals surface area (Å²) in [5.74, 6) is -0.482. The predicted molar refractivity (Wildman–Crippen MR) is 145 cm³/mol. The summed E-state index contributed by atoms with van der Waals surface area (Å²) in [5.41, 5.74) is 1.60. The van der Waals surface area contributed by atoms with E-state index in [9.17, 15) is 19.5 Å². The number of ether oxygens (including phenoxy) is 1. The molecule has 37 heavy (non-hydrogen) atoms. The first kappa shape index (κ1) is 26.3. The summed E-state index contributed by atoms with van der Waals surface area (Å²) in [5, 5.41) is 13.3. The number of anilines is 2. The molecule has 0 bridgehead atoms. The Morgan fingerprint density at radius 2 is 2.00 bits per heavy atom. The van der Waals surface area contributed by atoms with E-state index in [0.29, 0.717) is 36.6 Å². The van der Waals surface area contributed by atoms with Crippen LogP contribution >= 0.6 is 11.6 Å². The Morgan fingerprint density at radius 1 is 1.22 bits per heavy atom. The molecule has 2 aromatic carbocycles. The molecule has 0 aliphatic carbocycles. The molecule has 3 heterocycles. The summed E-state index contributed by atoms with van der Waals surface area (Å²) in [6, 6.07) is 13.1. The molecule has 2 aromatic rings. The van der Waals surface area contributed by atoms with Gasteiger partial charge in [0.2, 0.25) is 5.91 Å². The van der Waals surface area contributed by atoms with E-state index in [1.165, 1.54) is 0 Å². The van der Waals surface area contributed by atoms with Crippen LogP contribution in [-0.2, 0) is 26.5 Å². The Kier molecular flexibility index (Phi) is 6.97. The van der Waals surface area contributed by atoms with Crippen LogP contribution in [0.1, 0.15) is 24.5 Å². The van der Waals surface area contributed by atoms with Crippen molar-refractivity contribution in [1.29, 1.82) is 0 Å². The van der Waals surface area contributed by atoms with Crippen molar-refractivity contribution in [3.63, 3.8) is 0 Å². The van der Waals surface area contributed by atoms with Gasteiger partial charge in [-0.3, -0.25) is 9.59 Å². The van der Waals surface area contributed by atoms with Gasteiger partial charge in [-0.15, -0.1) is 0 Å².